The van der Waals surface area contributed by atoms with Crippen molar-refractivity contribution in [2.24, 2.45) is 16.5 Å². The monoisotopic (exact) mass is 465 g/mol. The third kappa shape index (κ3) is 6.44. The molecule has 0 aliphatic carbocycles. The van der Waals surface area contributed by atoms with E-state index in [0.717, 1.165) is 12.8 Å². The Balaban J connectivity index is 0.00000312. The fourth-order valence-electron chi connectivity index (χ4n) is 2.43. The predicted octanol–water partition coefficient (Wildman–Crippen LogP) is 1.02. The third-order valence-electron chi connectivity index (χ3n) is 3.68. The topological polar surface area (TPSA) is 136 Å². The molecular formula is C15H24IN5O4. The lowest BCUT2D eigenvalue weighted by Crippen LogP contribution is -2.48. The number of rotatable bonds is 5. The van der Waals surface area contributed by atoms with Gasteiger partial charge in [0.05, 0.1) is 6.61 Å². The van der Waals surface area contributed by atoms with Crippen LogP contribution in [0.5, 0.6) is 0 Å². The number of aliphatic imine (C=N–C) groups is 1. The first kappa shape index (κ1) is 21.1. The normalized spacial score (nSPS) is 15.4. The summed E-state index contributed by atoms with van der Waals surface area (Å²) >= 11 is 0. The summed E-state index contributed by atoms with van der Waals surface area (Å²) in [6.45, 7) is 3.61. The van der Waals surface area contributed by atoms with Crippen LogP contribution >= 0.6 is 24.0 Å². The maximum absolute atomic E-state index is 11.6. The lowest BCUT2D eigenvalue weighted by Gasteiger charge is -2.31. The average molecular weight is 465 g/mol. The molecule has 0 bridgehead atoms. The highest BCUT2D eigenvalue weighted by Gasteiger charge is 2.23. The first-order valence-corrected chi connectivity index (χ1v) is 7.86. The van der Waals surface area contributed by atoms with Gasteiger partial charge < -0.3 is 30.8 Å². The Hall–Kier alpha value is -1.98. The van der Waals surface area contributed by atoms with Crippen molar-refractivity contribution in [2.75, 3.05) is 19.7 Å². The zero-order chi connectivity index (χ0) is 17.5. The Labute approximate surface area is 163 Å². The van der Waals surface area contributed by atoms with Gasteiger partial charge in [0.1, 0.15) is 12.3 Å². The van der Waals surface area contributed by atoms with E-state index in [0.29, 0.717) is 31.4 Å². The van der Waals surface area contributed by atoms with Crippen LogP contribution in [-0.4, -0.2) is 48.6 Å². The molecular weight excluding hydrogens is 441 g/mol. The Bertz CT molecular complexity index is 611. The number of ether oxygens (including phenoxy) is 1. The minimum Gasteiger partial charge on any atom is -0.454 e. The van der Waals surface area contributed by atoms with Crippen LogP contribution in [0.25, 0.3) is 0 Å². The molecule has 0 atom stereocenters. The third-order valence-corrected chi connectivity index (χ3v) is 3.68. The first-order valence-electron chi connectivity index (χ1n) is 7.86. The highest BCUT2D eigenvalue weighted by molar-refractivity contribution is 14.0. The van der Waals surface area contributed by atoms with Gasteiger partial charge in [-0.3, -0.25) is 4.79 Å². The Morgan fingerprint density at radius 1 is 1.36 bits per heavy atom. The van der Waals surface area contributed by atoms with Gasteiger partial charge in [0.15, 0.2) is 11.7 Å². The molecule has 2 rings (SSSR count). The number of carbonyl (C=O) groups is 2. The molecule has 1 saturated heterocycles. The van der Waals surface area contributed by atoms with Crippen molar-refractivity contribution in [3.63, 3.8) is 0 Å². The molecule has 140 valence electrons. The standard InChI is InChI=1S/C15H23N5O4.HI/c1-2-23-15(22)20-7-5-10(6-8-20)19-14(17)18-9-11-3-4-12(24-11)13(16)21;/h3-4,10H,2,5-9H2,1H3,(H2,16,21)(H3,17,18,19);1H. The lowest BCUT2D eigenvalue weighted by molar-refractivity contribution is 0.0959. The van der Waals surface area contributed by atoms with Crippen molar-refractivity contribution in [1.82, 2.24) is 10.2 Å². The summed E-state index contributed by atoms with van der Waals surface area (Å²) in [4.78, 5) is 28.4. The predicted molar refractivity (Wildman–Crippen MR) is 103 cm³/mol. The van der Waals surface area contributed by atoms with E-state index in [1.165, 1.54) is 6.07 Å². The van der Waals surface area contributed by atoms with E-state index >= 15 is 0 Å². The zero-order valence-electron chi connectivity index (χ0n) is 14.1. The molecule has 0 radical (unpaired) electrons. The van der Waals surface area contributed by atoms with Gasteiger partial charge in [-0.25, -0.2) is 9.79 Å². The molecule has 10 heteroatoms. The second-order valence-corrected chi connectivity index (χ2v) is 5.44. The second kappa shape index (κ2) is 10.1. The molecule has 1 fully saturated rings. The van der Waals surface area contributed by atoms with E-state index in [2.05, 4.69) is 10.3 Å². The number of nitrogens with zero attached hydrogens (tertiary/aromatic N) is 2. The minimum absolute atomic E-state index is 0. The summed E-state index contributed by atoms with van der Waals surface area (Å²) in [7, 11) is 0. The number of furan rings is 1. The number of halogens is 1. The average Bonchev–Trinajstić information content (AvgIpc) is 3.03. The van der Waals surface area contributed by atoms with E-state index in [9.17, 15) is 9.59 Å². The number of piperidine rings is 1. The van der Waals surface area contributed by atoms with Crippen molar-refractivity contribution < 1.29 is 18.7 Å². The van der Waals surface area contributed by atoms with Crippen molar-refractivity contribution in [3.05, 3.63) is 23.7 Å². The molecule has 0 saturated carbocycles. The summed E-state index contributed by atoms with van der Waals surface area (Å²) < 4.78 is 10.2. The number of hydrogen-bond donors (Lipinski definition) is 3. The van der Waals surface area contributed by atoms with Crippen molar-refractivity contribution in [2.45, 2.75) is 32.4 Å². The first-order chi connectivity index (χ1) is 11.5. The summed E-state index contributed by atoms with van der Waals surface area (Å²) in [5, 5.41) is 3.13. The molecule has 1 aliphatic rings. The van der Waals surface area contributed by atoms with Crippen LogP contribution in [0.4, 0.5) is 4.79 Å². The molecule has 1 aliphatic heterocycles. The molecule has 5 N–H and O–H groups in total. The van der Waals surface area contributed by atoms with E-state index in [1.54, 1.807) is 17.9 Å². The number of primary amides is 1. The molecule has 1 aromatic heterocycles. The largest absolute Gasteiger partial charge is 0.454 e. The maximum Gasteiger partial charge on any atom is 0.409 e. The molecule has 0 spiro atoms. The van der Waals surface area contributed by atoms with E-state index in [-0.39, 0.29) is 48.4 Å². The molecule has 2 amide bonds. The van der Waals surface area contributed by atoms with Crippen LogP contribution < -0.4 is 16.8 Å². The van der Waals surface area contributed by atoms with Crippen LogP contribution in [0, 0.1) is 0 Å². The summed E-state index contributed by atoms with van der Waals surface area (Å²) in [5.74, 6) is 0.273. The number of nitrogens with one attached hydrogen (secondary N) is 1. The van der Waals surface area contributed by atoms with Gasteiger partial charge in [-0.2, -0.15) is 0 Å². The second-order valence-electron chi connectivity index (χ2n) is 5.44. The maximum atomic E-state index is 11.6. The zero-order valence-corrected chi connectivity index (χ0v) is 16.4. The number of hydrogen-bond acceptors (Lipinski definition) is 5. The highest BCUT2D eigenvalue weighted by atomic mass is 127. The van der Waals surface area contributed by atoms with Gasteiger partial charge in [-0.15, -0.1) is 24.0 Å². The highest BCUT2D eigenvalue weighted by Crippen LogP contribution is 2.12. The van der Waals surface area contributed by atoms with Crippen LogP contribution in [0.3, 0.4) is 0 Å². The van der Waals surface area contributed by atoms with Crippen molar-refractivity contribution >= 4 is 41.9 Å². The van der Waals surface area contributed by atoms with Gasteiger partial charge >= 0.3 is 6.09 Å². The minimum atomic E-state index is -0.621. The smallest absolute Gasteiger partial charge is 0.409 e. The number of likely N-dealkylation sites (tertiary alicyclic amines) is 1. The van der Waals surface area contributed by atoms with Gasteiger partial charge in [0.25, 0.3) is 5.91 Å². The van der Waals surface area contributed by atoms with E-state index < -0.39 is 5.91 Å². The molecule has 0 aromatic carbocycles. The lowest BCUT2D eigenvalue weighted by atomic mass is 10.1. The summed E-state index contributed by atoms with van der Waals surface area (Å²) in [5.41, 5.74) is 11.0. The van der Waals surface area contributed by atoms with Gasteiger partial charge in [-0.05, 0) is 31.9 Å². The summed E-state index contributed by atoms with van der Waals surface area (Å²) in [6, 6.07) is 3.29. The fourth-order valence-corrected chi connectivity index (χ4v) is 2.43. The molecule has 1 aromatic rings. The van der Waals surface area contributed by atoms with Crippen molar-refractivity contribution in [1.29, 1.82) is 0 Å². The van der Waals surface area contributed by atoms with Crippen LogP contribution in [0.2, 0.25) is 0 Å². The van der Waals surface area contributed by atoms with Crippen molar-refractivity contribution in [3.8, 4) is 0 Å². The van der Waals surface area contributed by atoms with Gasteiger partial charge in [0.2, 0.25) is 0 Å². The fraction of sp³-hybridized carbons (Fsp3) is 0.533. The SMILES string of the molecule is CCOC(=O)N1CCC(NC(N)=NCc2ccc(C(N)=O)o2)CC1.I. The van der Waals surface area contributed by atoms with Gasteiger partial charge in [-0.1, -0.05) is 0 Å². The molecule has 0 unspecified atom stereocenters. The molecule has 9 nitrogen and oxygen atoms in total. The number of amides is 2. The summed E-state index contributed by atoms with van der Waals surface area (Å²) in [6.07, 6.45) is 1.25. The van der Waals surface area contributed by atoms with E-state index in [1.807, 2.05) is 0 Å². The Kier molecular flexibility index (Phi) is 8.52. The van der Waals surface area contributed by atoms with Crippen LogP contribution in [0.15, 0.2) is 21.5 Å². The number of carbonyl (C=O) groups excluding carboxylic acids is 2. The Morgan fingerprint density at radius 2 is 2.04 bits per heavy atom. The Morgan fingerprint density at radius 3 is 2.60 bits per heavy atom. The molecule has 2 heterocycles. The van der Waals surface area contributed by atoms with E-state index in [4.69, 9.17) is 20.6 Å². The quantitative estimate of drug-likeness (QED) is 0.338. The van der Waals surface area contributed by atoms with Crippen LogP contribution in [0.1, 0.15) is 36.1 Å². The van der Waals surface area contributed by atoms with Crippen LogP contribution in [-0.2, 0) is 11.3 Å². The number of nitrogens with two attached hydrogens (primary N) is 2. The van der Waals surface area contributed by atoms with Gasteiger partial charge in [0, 0.05) is 19.1 Å². The molecule has 25 heavy (non-hydrogen) atoms. The number of guanidine groups is 1.